The van der Waals surface area contributed by atoms with Gasteiger partial charge in [0.05, 0.1) is 21.1 Å². The van der Waals surface area contributed by atoms with Gasteiger partial charge in [0, 0.05) is 6.20 Å². The predicted octanol–water partition coefficient (Wildman–Crippen LogP) is 4.21. The molecule has 0 saturated heterocycles. The fourth-order valence-electron chi connectivity index (χ4n) is 0.896. The van der Waals surface area contributed by atoms with Crippen LogP contribution >= 0.6 is 27.5 Å². The fourth-order valence-corrected chi connectivity index (χ4v) is 1.72. The molecule has 0 aromatic carbocycles. The minimum atomic E-state index is -4.40. The lowest BCUT2D eigenvalue weighted by Crippen LogP contribution is -2.06. The Balaban J connectivity index is 3.13. The van der Waals surface area contributed by atoms with E-state index in [1.807, 2.05) is 0 Å². The zero-order valence-electron chi connectivity index (χ0n) is 7.07. The summed E-state index contributed by atoms with van der Waals surface area (Å²) in [6.07, 6.45) is -3.62. The Hall–Kier alpha value is -0.290. The molecule has 1 rings (SSSR count). The SMILES string of the molecule is C[C@@H](Br)c1ncc(C(F)(F)F)cc1Cl. The molecule has 0 aliphatic heterocycles. The maximum atomic E-state index is 12.2. The number of rotatable bonds is 1. The van der Waals surface area contributed by atoms with Gasteiger partial charge in [-0.05, 0) is 13.0 Å². The van der Waals surface area contributed by atoms with Crippen LogP contribution in [0.3, 0.4) is 0 Å². The van der Waals surface area contributed by atoms with Crippen LogP contribution in [0.1, 0.15) is 23.0 Å². The van der Waals surface area contributed by atoms with Crippen LogP contribution in [0.25, 0.3) is 0 Å². The molecular weight excluding hydrogens is 282 g/mol. The molecule has 0 bridgehead atoms. The molecule has 14 heavy (non-hydrogen) atoms. The van der Waals surface area contributed by atoms with Gasteiger partial charge >= 0.3 is 6.18 Å². The molecule has 0 fully saturated rings. The van der Waals surface area contributed by atoms with Crippen molar-refractivity contribution in [1.29, 1.82) is 0 Å². The van der Waals surface area contributed by atoms with E-state index in [9.17, 15) is 13.2 Å². The van der Waals surface area contributed by atoms with Crippen molar-refractivity contribution < 1.29 is 13.2 Å². The second-order valence-corrected chi connectivity index (χ2v) is 4.49. The normalized spacial score (nSPS) is 14.1. The van der Waals surface area contributed by atoms with Gasteiger partial charge in [-0.25, -0.2) is 0 Å². The van der Waals surface area contributed by atoms with Gasteiger partial charge in [-0.1, -0.05) is 27.5 Å². The van der Waals surface area contributed by atoms with Crippen molar-refractivity contribution in [2.75, 3.05) is 0 Å². The first-order chi connectivity index (χ1) is 6.32. The second kappa shape index (κ2) is 4.06. The van der Waals surface area contributed by atoms with E-state index in [-0.39, 0.29) is 9.85 Å². The highest BCUT2D eigenvalue weighted by molar-refractivity contribution is 9.09. The Morgan fingerprint density at radius 3 is 2.43 bits per heavy atom. The summed E-state index contributed by atoms with van der Waals surface area (Å²) >= 11 is 8.82. The Labute approximate surface area is 92.4 Å². The molecule has 0 amide bonds. The third-order valence-electron chi connectivity index (χ3n) is 1.57. The molecule has 0 aliphatic carbocycles. The average molecular weight is 288 g/mol. The highest BCUT2D eigenvalue weighted by Gasteiger charge is 2.31. The summed E-state index contributed by atoms with van der Waals surface area (Å²) in [6, 6.07) is 0.877. The van der Waals surface area contributed by atoms with E-state index in [2.05, 4.69) is 20.9 Å². The number of hydrogen-bond donors (Lipinski definition) is 0. The van der Waals surface area contributed by atoms with Gasteiger partial charge in [-0.15, -0.1) is 0 Å². The van der Waals surface area contributed by atoms with Gasteiger partial charge in [0.2, 0.25) is 0 Å². The van der Waals surface area contributed by atoms with Crippen molar-refractivity contribution in [3.8, 4) is 0 Å². The molecule has 0 radical (unpaired) electrons. The standard InChI is InChI=1S/C8H6BrClF3N/c1-4(9)7-6(10)2-5(3-14-7)8(11,12)13/h2-4H,1H3/t4-/m1/s1. The lowest BCUT2D eigenvalue weighted by Gasteiger charge is -2.09. The number of aromatic nitrogens is 1. The van der Waals surface area contributed by atoms with Crippen molar-refractivity contribution in [3.63, 3.8) is 0 Å². The third-order valence-corrected chi connectivity index (χ3v) is 2.31. The van der Waals surface area contributed by atoms with Crippen LogP contribution in [0.4, 0.5) is 13.2 Å². The molecular formula is C8H6BrClF3N. The summed E-state index contributed by atoms with van der Waals surface area (Å²) in [5.41, 5.74) is -0.431. The summed E-state index contributed by atoms with van der Waals surface area (Å²) in [5.74, 6) is 0. The lowest BCUT2D eigenvalue weighted by atomic mass is 10.2. The fraction of sp³-hybridized carbons (Fsp3) is 0.375. The molecule has 1 aromatic heterocycles. The smallest absolute Gasteiger partial charge is 0.258 e. The van der Waals surface area contributed by atoms with E-state index in [1.165, 1.54) is 0 Å². The molecule has 0 unspecified atom stereocenters. The Bertz CT molecular complexity index is 338. The van der Waals surface area contributed by atoms with E-state index in [0.29, 0.717) is 5.69 Å². The molecule has 1 aromatic rings. The van der Waals surface area contributed by atoms with E-state index in [4.69, 9.17) is 11.6 Å². The van der Waals surface area contributed by atoms with Gasteiger partial charge in [-0.3, -0.25) is 4.98 Å². The first-order valence-electron chi connectivity index (χ1n) is 3.69. The maximum absolute atomic E-state index is 12.2. The summed E-state index contributed by atoms with van der Waals surface area (Å²) in [4.78, 5) is 3.48. The van der Waals surface area contributed by atoms with Crippen LogP contribution in [-0.2, 0) is 6.18 Å². The minimum absolute atomic E-state index is 0.0178. The molecule has 0 saturated carbocycles. The highest BCUT2D eigenvalue weighted by atomic mass is 79.9. The van der Waals surface area contributed by atoms with Crippen LogP contribution < -0.4 is 0 Å². The van der Waals surface area contributed by atoms with Crippen molar-refractivity contribution in [2.45, 2.75) is 17.9 Å². The predicted molar refractivity (Wildman–Crippen MR) is 51.6 cm³/mol. The summed E-state index contributed by atoms with van der Waals surface area (Å²) in [6.45, 7) is 1.74. The molecule has 1 nitrogen and oxygen atoms in total. The first-order valence-corrected chi connectivity index (χ1v) is 4.98. The molecule has 1 atom stereocenters. The van der Waals surface area contributed by atoms with E-state index in [0.717, 1.165) is 12.3 Å². The maximum Gasteiger partial charge on any atom is 0.417 e. The van der Waals surface area contributed by atoms with E-state index < -0.39 is 11.7 Å². The van der Waals surface area contributed by atoms with Crippen molar-refractivity contribution in [1.82, 2.24) is 4.98 Å². The Morgan fingerprint density at radius 1 is 1.50 bits per heavy atom. The van der Waals surface area contributed by atoms with Crippen LogP contribution in [0.5, 0.6) is 0 Å². The Kier molecular flexibility index (Phi) is 3.42. The quantitative estimate of drug-likeness (QED) is 0.705. The highest BCUT2D eigenvalue weighted by Crippen LogP contribution is 2.33. The summed E-state index contributed by atoms with van der Waals surface area (Å²) in [7, 11) is 0. The van der Waals surface area contributed by atoms with E-state index in [1.54, 1.807) is 6.92 Å². The molecule has 0 aliphatic rings. The van der Waals surface area contributed by atoms with E-state index >= 15 is 0 Å². The second-order valence-electron chi connectivity index (χ2n) is 2.70. The topological polar surface area (TPSA) is 12.9 Å². The third kappa shape index (κ3) is 2.60. The molecule has 1 heterocycles. The number of nitrogens with zero attached hydrogens (tertiary/aromatic N) is 1. The van der Waals surface area contributed by atoms with Gasteiger partial charge in [-0.2, -0.15) is 13.2 Å². The van der Waals surface area contributed by atoms with Crippen LogP contribution in [0.2, 0.25) is 5.02 Å². The molecule has 78 valence electrons. The van der Waals surface area contributed by atoms with Crippen LogP contribution in [0.15, 0.2) is 12.3 Å². The van der Waals surface area contributed by atoms with Crippen molar-refractivity contribution in [2.24, 2.45) is 0 Å². The minimum Gasteiger partial charge on any atom is -0.258 e. The van der Waals surface area contributed by atoms with Gasteiger partial charge < -0.3 is 0 Å². The largest absolute Gasteiger partial charge is 0.417 e. The number of halogens is 5. The van der Waals surface area contributed by atoms with Gasteiger partial charge in [0.1, 0.15) is 0 Å². The van der Waals surface area contributed by atoms with Gasteiger partial charge in [0.15, 0.2) is 0 Å². The average Bonchev–Trinajstić information content (AvgIpc) is 2.01. The monoisotopic (exact) mass is 287 g/mol. The van der Waals surface area contributed by atoms with Crippen LogP contribution in [-0.4, -0.2) is 4.98 Å². The first kappa shape index (κ1) is 11.8. The zero-order chi connectivity index (χ0) is 10.9. The number of hydrogen-bond acceptors (Lipinski definition) is 1. The number of alkyl halides is 4. The number of pyridine rings is 1. The molecule has 6 heteroatoms. The molecule has 0 N–H and O–H groups in total. The zero-order valence-corrected chi connectivity index (χ0v) is 9.41. The summed E-state index contributed by atoms with van der Waals surface area (Å²) < 4.78 is 36.6. The lowest BCUT2D eigenvalue weighted by molar-refractivity contribution is -0.137. The summed E-state index contributed by atoms with van der Waals surface area (Å²) in [5, 5.41) is 0.0178. The molecule has 0 spiro atoms. The Morgan fingerprint density at radius 2 is 2.07 bits per heavy atom. The van der Waals surface area contributed by atoms with Crippen molar-refractivity contribution >= 4 is 27.5 Å². The van der Waals surface area contributed by atoms with Gasteiger partial charge in [0.25, 0.3) is 0 Å². The van der Waals surface area contributed by atoms with Crippen LogP contribution in [0, 0.1) is 0 Å². The van der Waals surface area contributed by atoms with Crippen molar-refractivity contribution in [3.05, 3.63) is 28.5 Å².